The fourth-order valence-electron chi connectivity index (χ4n) is 5.05. The van der Waals surface area contributed by atoms with Crippen LogP contribution in [0.2, 0.25) is 0 Å². The fraction of sp³-hybridized carbons (Fsp3) is 0.500. The number of ether oxygens (including phenoxy) is 2. The maximum Gasteiger partial charge on any atom is 0.257 e. The molecule has 0 aliphatic carbocycles. The van der Waals surface area contributed by atoms with E-state index < -0.39 is 0 Å². The van der Waals surface area contributed by atoms with Gasteiger partial charge in [0.05, 0.1) is 24.3 Å². The lowest BCUT2D eigenvalue weighted by Crippen LogP contribution is -2.45. The van der Waals surface area contributed by atoms with Crippen LogP contribution in [0, 0.1) is 5.41 Å². The molecule has 0 atom stereocenters. The number of nitrogens with zero attached hydrogens (tertiary/aromatic N) is 3. The van der Waals surface area contributed by atoms with Crippen LogP contribution in [0.15, 0.2) is 42.6 Å². The molecule has 0 unspecified atom stereocenters. The summed E-state index contributed by atoms with van der Waals surface area (Å²) < 4.78 is 11.6. The minimum Gasteiger partial charge on any atom is -0.491 e. The molecule has 2 bridgehead atoms. The second-order valence-electron chi connectivity index (χ2n) is 9.26. The van der Waals surface area contributed by atoms with Crippen molar-refractivity contribution in [3.05, 3.63) is 53.7 Å². The molecule has 0 saturated carbocycles. The highest BCUT2D eigenvalue weighted by Gasteiger charge is 2.36. The molecule has 8 heteroatoms. The Morgan fingerprint density at radius 1 is 1.09 bits per heavy atom. The molecular formula is C26H34N4O4. The fourth-order valence-corrected chi connectivity index (χ4v) is 5.05. The molecule has 8 nitrogen and oxygen atoms in total. The topological polar surface area (TPSA) is 98.0 Å². The van der Waals surface area contributed by atoms with E-state index in [0.29, 0.717) is 49.7 Å². The normalized spacial score (nSPS) is 19.0. The van der Waals surface area contributed by atoms with Crippen LogP contribution in [0.25, 0.3) is 0 Å². The molecular weight excluding hydrogens is 432 g/mol. The number of benzene rings is 1. The smallest absolute Gasteiger partial charge is 0.257 e. The number of para-hydroxylation sites is 1. The van der Waals surface area contributed by atoms with Crippen LogP contribution in [-0.4, -0.2) is 73.1 Å². The van der Waals surface area contributed by atoms with Gasteiger partial charge in [0.25, 0.3) is 11.8 Å². The van der Waals surface area contributed by atoms with Gasteiger partial charge in [0, 0.05) is 32.9 Å². The van der Waals surface area contributed by atoms with Crippen molar-refractivity contribution in [1.29, 1.82) is 0 Å². The van der Waals surface area contributed by atoms with Gasteiger partial charge in [0.15, 0.2) is 0 Å². The van der Waals surface area contributed by atoms with Gasteiger partial charge in [-0.2, -0.15) is 0 Å². The lowest BCUT2D eigenvalue weighted by Gasteiger charge is -2.41. The molecule has 2 N–H and O–H groups in total. The number of aromatic nitrogens is 1. The van der Waals surface area contributed by atoms with Crippen LogP contribution >= 0.6 is 0 Å². The second-order valence-corrected chi connectivity index (χ2v) is 9.26. The molecule has 2 aromatic rings. The number of pyridine rings is 1. The largest absolute Gasteiger partial charge is 0.491 e. The molecule has 34 heavy (non-hydrogen) atoms. The summed E-state index contributed by atoms with van der Waals surface area (Å²) in [5.74, 6) is 0.615. The number of amides is 2. The third-order valence-electron chi connectivity index (χ3n) is 7.04. The molecule has 1 aromatic carbocycles. The van der Waals surface area contributed by atoms with Crippen LogP contribution in [0.1, 0.15) is 52.8 Å². The van der Waals surface area contributed by atoms with Gasteiger partial charge >= 0.3 is 0 Å². The first-order valence-corrected chi connectivity index (χ1v) is 12.0. The second kappa shape index (κ2) is 10.9. The van der Waals surface area contributed by atoms with E-state index in [1.165, 1.54) is 0 Å². The van der Waals surface area contributed by atoms with Gasteiger partial charge in [-0.3, -0.25) is 9.59 Å². The SMILES string of the molecule is COCC12CCCCN(C(=O)c3cccnc3N)CCOc3ccccc3C(=O)N(CC1)CC2. The third-order valence-corrected chi connectivity index (χ3v) is 7.04. The number of nitrogen functional groups attached to an aromatic ring is 1. The summed E-state index contributed by atoms with van der Waals surface area (Å²) in [5.41, 5.74) is 7.00. The van der Waals surface area contributed by atoms with E-state index in [1.54, 1.807) is 30.3 Å². The summed E-state index contributed by atoms with van der Waals surface area (Å²) in [6.45, 7) is 3.38. The zero-order chi connectivity index (χ0) is 24.0. The van der Waals surface area contributed by atoms with Gasteiger partial charge in [0.1, 0.15) is 18.2 Å². The molecule has 5 rings (SSSR count). The van der Waals surface area contributed by atoms with Crippen LogP contribution in [0.3, 0.4) is 0 Å². The minimum absolute atomic E-state index is 0.00689. The predicted molar refractivity (Wildman–Crippen MR) is 130 cm³/mol. The zero-order valence-corrected chi connectivity index (χ0v) is 19.9. The molecule has 2 amide bonds. The number of anilines is 1. The summed E-state index contributed by atoms with van der Waals surface area (Å²) in [6, 6.07) is 10.8. The molecule has 0 spiro atoms. The monoisotopic (exact) mass is 466 g/mol. The first kappa shape index (κ1) is 24.0. The van der Waals surface area contributed by atoms with E-state index >= 15 is 0 Å². The van der Waals surface area contributed by atoms with Gasteiger partial charge < -0.3 is 25.0 Å². The van der Waals surface area contributed by atoms with Crippen molar-refractivity contribution in [3.8, 4) is 5.75 Å². The van der Waals surface area contributed by atoms with Crippen molar-refractivity contribution in [1.82, 2.24) is 14.8 Å². The van der Waals surface area contributed by atoms with Crippen molar-refractivity contribution >= 4 is 17.6 Å². The van der Waals surface area contributed by atoms with Crippen LogP contribution in [-0.2, 0) is 4.74 Å². The van der Waals surface area contributed by atoms with Gasteiger partial charge in [-0.1, -0.05) is 18.6 Å². The molecule has 182 valence electrons. The summed E-state index contributed by atoms with van der Waals surface area (Å²) in [5, 5.41) is 0. The number of methoxy groups -OCH3 is 1. The maximum atomic E-state index is 13.3. The Morgan fingerprint density at radius 3 is 2.65 bits per heavy atom. The first-order valence-electron chi connectivity index (χ1n) is 12.0. The molecule has 4 heterocycles. The Bertz CT molecular complexity index is 1000. The Balaban J connectivity index is 1.59. The Labute approximate surface area is 201 Å². The number of hydrogen-bond donors (Lipinski definition) is 1. The molecule has 1 saturated heterocycles. The predicted octanol–water partition coefficient (Wildman–Crippen LogP) is 3.24. The number of rotatable bonds is 3. The van der Waals surface area contributed by atoms with Crippen LogP contribution in [0.5, 0.6) is 5.75 Å². The Morgan fingerprint density at radius 2 is 1.88 bits per heavy atom. The van der Waals surface area contributed by atoms with Gasteiger partial charge in [0.2, 0.25) is 0 Å². The molecule has 3 aliphatic heterocycles. The van der Waals surface area contributed by atoms with Gasteiger partial charge in [-0.05, 0) is 55.4 Å². The number of carbonyl (C=O) groups is 2. The first-order chi connectivity index (χ1) is 16.5. The minimum atomic E-state index is -0.151. The van der Waals surface area contributed by atoms with Crippen molar-refractivity contribution in [3.63, 3.8) is 0 Å². The lowest BCUT2D eigenvalue weighted by molar-refractivity contribution is 0.0136. The summed E-state index contributed by atoms with van der Waals surface area (Å²) in [4.78, 5) is 34.4. The highest BCUT2D eigenvalue weighted by molar-refractivity contribution is 5.98. The third kappa shape index (κ3) is 5.33. The number of carbonyl (C=O) groups excluding carboxylic acids is 2. The quantitative estimate of drug-likeness (QED) is 0.746. The van der Waals surface area contributed by atoms with Gasteiger partial charge in [-0.25, -0.2) is 4.98 Å². The summed E-state index contributed by atoms with van der Waals surface area (Å²) >= 11 is 0. The van der Waals surface area contributed by atoms with E-state index in [-0.39, 0.29) is 29.7 Å². The number of hydrogen-bond acceptors (Lipinski definition) is 6. The average Bonchev–Trinajstić information content (AvgIpc) is 2.86. The summed E-state index contributed by atoms with van der Waals surface area (Å²) in [6.07, 6.45) is 6.25. The maximum absolute atomic E-state index is 13.3. The average molecular weight is 467 g/mol. The lowest BCUT2D eigenvalue weighted by atomic mass is 9.75. The van der Waals surface area contributed by atoms with Crippen LogP contribution < -0.4 is 10.5 Å². The van der Waals surface area contributed by atoms with Gasteiger partial charge in [-0.15, -0.1) is 0 Å². The number of nitrogens with two attached hydrogens (primary N) is 1. The number of piperidine rings is 1. The van der Waals surface area contributed by atoms with Crippen molar-refractivity contribution in [2.24, 2.45) is 5.41 Å². The van der Waals surface area contributed by atoms with Crippen molar-refractivity contribution in [2.75, 3.05) is 52.2 Å². The van der Waals surface area contributed by atoms with E-state index in [4.69, 9.17) is 15.2 Å². The highest BCUT2D eigenvalue weighted by Crippen LogP contribution is 2.38. The van der Waals surface area contributed by atoms with Crippen molar-refractivity contribution in [2.45, 2.75) is 32.1 Å². The standard InChI is InChI=1S/C26H34N4O4/c1-33-19-26-10-4-5-14-29(25(32)21-8-6-13-28-23(21)27)17-18-34-22-9-3-2-7-20(22)24(31)30(15-11-26)16-12-26/h2-3,6-9,13H,4-5,10-12,14-19H2,1H3,(H2,27,28). The van der Waals surface area contributed by atoms with E-state index in [9.17, 15) is 9.59 Å². The van der Waals surface area contributed by atoms with E-state index in [0.717, 1.165) is 32.1 Å². The molecule has 3 aliphatic rings. The Kier molecular flexibility index (Phi) is 7.67. The van der Waals surface area contributed by atoms with E-state index in [1.807, 2.05) is 29.2 Å². The van der Waals surface area contributed by atoms with E-state index in [2.05, 4.69) is 4.98 Å². The Hall–Kier alpha value is -3.13. The molecule has 1 aromatic heterocycles. The number of fused-ring (bicyclic) bond motifs is 9. The molecule has 0 radical (unpaired) electrons. The highest BCUT2D eigenvalue weighted by atomic mass is 16.5. The van der Waals surface area contributed by atoms with Crippen LogP contribution in [0.4, 0.5) is 5.82 Å². The summed E-state index contributed by atoms with van der Waals surface area (Å²) in [7, 11) is 1.74. The van der Waals surface area contributed by atoms with Crippen molar-refractivity contribution < 1.29 is 19.1 Å². The molecule has 1 fully saturated rings. The zero-order valence-electron chi connectivity index (χ0n) is 19.9.